The molecule has 0 aromatic heterocycles. The van der Waals surface area contributed by atoms with Gasteiger partial charge in [-0.3, -0.25) is 4.79 Å². The fourth-order valence-corrected chi connectivity index (χ4v) is 3.44. The van der Waals surface area contributed by atoms with E-state index in [-0.39, 0.29) is 17.6 Å². The maximum atomic E-state index is 11.8. The molecule has 0 spiro atoms. The van der Waals surface area contributed by atoms with Crippen molar-refractivity contribution in [3.63, 3.8) is 0 Å². The van der Waals surface area contributed by atoms with Crippen molar-refractivity contribution in [1.82, 2.24) is 9.21 Å². The van der Waals surface area contributed by atoms with E-state index in [1.165, 1.54) is 4.31 Å². The van der Waals surface area contributed by atoms with Crippen molar-refractivity contribution in [2.24, 2.45) is 5.92 Å². The summed E-state index contributed by atoms with van der Waals surface area (Å²) in [6.45, 7) is 5.63. The lowest BCUT2D eigenvalue weighted by Gasteiger charge is -2.20. The van der Waals surface area contributed by atoms with E-state index in [2.05, 4.69) is 0 Å². The number of sulfonamides is 1. The zero-order valence-corrected chi connectivity index (χ0v) is 11.7. The summed E-state index contributed by atoms with van der Waals surface area (Å²) >= 11 is 0. The second kappa shape index (κ2) is 5.82. The van der Waals surface area contributed by atoms with Crippen molar-refractivity contribution < 1.29 is 13.2 Å². The van der Waals surface area contributed by atoms with Gasteiger partial charge >= 0.3 is 0 Å². The first kappa shape index (κ1) is 14.4. The Labute approximate surface area is 104 Å². The van der Waals surface area contributed by atoms with Crippen molar-refractivity contribution in [2.75, 3.05) is 32.4 Å². The predicted octanol–water partition coefficient (Wildman–Crippen LogP) is 0.526. The maximum absolute atomic E-state index is 11.8. The summed E-state index contributed by atoms with van der Waals surface area (Å²) < 4.78 is 25.0. The van der Waals surface area contributed by atoms with E-state index in [1.807, 2.05) is 13.8 Å². The zero-order valence-electron chi connectivity index (χ0n) is 10.8. The fourth-order valence-electron chi connectivity index (χ4n) is 2.17. The highest BCUT2D eigenvalue weighted by molar-refractivity contribution is 7.89. The van der Waals surface area contributed by atoms with Gasteiger partial charge in [0, 0.05) is 33.1 Å². The highest BCUT2D eigenvalue weighted by atomic mass is 32.2. The molecule has 0 N–H and O–H groups in total. The van der Waals surface area contributed by atoms with Gasteiger partial charge in [-0.2, -0.15) is 0 Å². The van der Waals surface area contributed by atoms with Crippen LogP contribution in [-0.4, -0.2) is 56.0 Å². The fraction of sp³-hybridized carbons (Fsp3) is 0.909. The molecule has 6 heteroatoms. The molecule has 5 nitrogen and oxygen atoms in total. The largest absolute Gasteiger partial charge is 0.343 e. The Morgan fingerprint density at radius 1 is 1.41 bits per heavy atom. The quantitative estimate of drug-likeness (QED) is 0.701. The maximum Gasteiger partial charge on any atom is 0.222 e. The zero-order chi connectivity index (χ0) is 13.1. The van der Waals surface area contributed by atoms with Crippen molar-refractivity contribution in [3.8, 4) is 0 Å². The third kappa shape index (κ3) is 3.67. The molecule has 1 amide bonds. The SMILES string of the molecule is CCCS(=O)(=O)N(C)CC1CC(=O)N(CC)C1. The molecule has 0 radical (unpaired) electrons. The third-order valence-corrected chi connectivity index (χ3v) is 5.15. The molecular weight excluding hydrogens is 240 g/mol. The average Bonchev–Trinajstić information content (AvgIpc) is 2.58. The molecule has 1 heterocycles. The van der Waals surface area contributed by atoms with E-state index >= 15 is 0 Å². The lowest BCUT2D eigenvalue weighted by Crippen LogP contribution is -2.34. The second-order valence-electron chi connectivity index (χ2n) is 4.60. The monoisotopic (exact) mass is 262 g/mol. The molecule has 1 aliphatic heterocycles. The minimum absolute atomic E-state index is 0.138. The van der Waals surface area contributed by atoms with Crippen molar-refractivity contribution in [2.45, 2.75) is 26.7 Å². The lowest BCUT2D eigenvalue weighted by atomic mass is 10.1. The van der Waals surface area contributed by atoms with Gasteiger partial charge in [-0.05, 0) is 19.3 Å². The van der Waals surface area contributed by atoms with Gasteiger partial charge in [0.1, 0.15) is 0 Å². The van der Waals surface area contributed by atoms with Gasteiger partial charge in [-0.25, -0.2) is 12.7 Å². The summed E-state index contributed by atoms with van der Waals surface area (Å²) in [5.74, 6) is 0.458. The lowest BCUT2D eigenvalue weighted by molar-refractivity contribution is -0.127. The second-order valence-corrected chi connectivity index (χ2v) is 6.79. The van der Waals surface area contributed by atoms with Gasteiger partial charge in [0.25, 0.3) is 0 Å². The van der Waals surface area contributed by atoms with Crippen LogP contribution < -0.4 is 0 Å². The molecule has 1 atom stereocenters. The Morgan fingerprint density at radius 2 is 2.06 bits per heavy atom. The summed E-state index contributed by atoms with van der Waals surface area (Å²) in [6, 6.07) is 0. The third-order valence-electron chi connectivity index (χ3n) is 3.13. The molecule has 0 aliphatic carbocycles. The summed E-state index contributed by atoms with van der Waals surface area (Å²) in [5.41, 5.74) is 0. The smallest absolute Gasteiger partial charge is 0.222 e. The number of likely N-dealkylation sites (tertiary alicyclic amines) is 1. The van der Waals surface area contributed by atoms with Gasteiger partial charge in [0.15, 0.2) is 0 Å². The summed E-state index contributed by atoms with van der Waals surface area (Å²) in [4.78, 5) is 13.3. The van der Waals surface area contributed by atoms with Crippen LogP contribution in [0.15, 0.2) is 0 Å². The van der Waals surface area contributed by atoms with Crippen LogP contribution in [0.3, 0.4) is 0 Å². The number of carbonyl (C=O) groups excluding carboxylic acids is 1. The van der Waals surface area contributed by atoms with E-state index in [9.17, 15) is 13.2 Å². The van der Waals surface area contributed by atoms with Crippen LogP contribution in [0.1, 0.15) is 26.7 Å². The first-order valence-electron chi connectivity index (χ1n) is 6.12. The predicted molar refractivity (Wildman–Crippen MR) is 67.1 cm³/mol. The van der Waals surface area contributed by atoms with Crippen molar-refractivity contribution in [3.05, 3.63) is 0 Å². The van der Waals surface area contributed by atoms with Gasteiger partial charge in [-0.15, -0.1) is 0 Å². The van der Waals surface area contributed by atoms with Gasteiger partial charge < -0.3 is 4.90 Å². The number of carbonyl (C=O) groups is 1. The minimum atomic E-state index is -3.14. The molecule has 1 fully saturated rings. The first-order valence-corrected chi connectivity index (χ1v) is 7.73. The normalized spacial score (nSPS) is 21.5. The number of nitrogens with zero attached hydrogens (tertiary/aromatic N) is 2. The topological polar surface area (TPSA) is 57.7 Å². The summed E-state index contributed by atoms with van der Waals surface area (Å²) in [7, 11) is -1.53. The molecule has 1 unspecified atom stereocenters. The Balaban J connectivity index is 2.54. The molecule has 1 aliphatic rings. The van der Waals surface area contributed by atoms with Crippen LogP contribution in [0.25, 0.3) is 0 Å². The van der Waals surface area contributed by atoms with Crippen LogP contribution in [0.2, 0.25) is 0 Å². The van der Waals surface area contributed by atoms with Crippen LogP contribution in [0.5, 0.6) is 0 Å². The number of hydrogen-bond acceptors (Lipinski definition) is 3. The molecule has 1 rings (SSSR count). The molecule has 0 saturated carbocycles. The highest BCUT2D eigenvalue weighted by Crippen LogP contribution is 2.19. The Bertz CT molecular complexity index is 367. The molecule has 17 heavy (non-hydrogen) atoms. The Kier molecular flexibility index (Phi) is 4.94. The van der Waals surface area contributed by atoms with Gasteiger partial charge in [0.2, 0.25) is 15.9 Å². The molecular formula is C11H22N2O3S. The minimum Gasteiger partial charge on any atom is -0.343 e. The van der Waals surface area contributed by atoms with Crippen LogP contribution in [-0.2, 0) is 14.8 Å². The molecule has 0 aromatic rings. The highest BCUT2D eigenvalue weighted by Gasteiger charge is 2.31. The van der Waals surface area contributed by atoms with Crippen LogP contribution in [0, 0.1) is 5.92 Å². The van der Waals surface area contributed by atoms with E-state index in [0.29, 0.717) is 32.5 Å². The van der Waals surface area contributed by atoms with E-state index in [1.54, 1.807) is 11.9 Å². The molecule has 1 saturated heterocycles. The van der Waals surface area contributed by atoms with Gasteiger partial charge in [0.05, 0.1) is 5.75 Å². The number of amides is 1. The standard InChI is InChI=1S/C11H22N2O3S/c1-4-6-17(15,16)12(3)8-10-7-11(14)13(5-2)9-10/h10H,4-9H2,1-3H3. The van der Waals surface area contributed by atoms with Crippen molar-refractivity contribution >= 4 is 15.9 Å². The Hall–Kier alpha value is -0.620. The first-order chi connectivity index (χ1) is 7.90. The van der Waals surface area contributed by atoms with E-state index < -0.39 is 10.0 Å². The van der Waals surface area contributed by atoms with E-state index in [0.717, 1.165) is 0 Å². The molecule has 0 bridgehead atoms. The van der Waals surface area contributed by atoms with Crippen molar-refractivity contribution in [1.29, 1.82) is 0 Å². The van der Waals surface area contributed by atoms with Crippen LogP contribution >= 0.6 is 0 Å². The van der Waals surface area contributed by atoms with E-state index in [4.69, 9.17) is 0 Å². The van der Waals surface area contributed by atoms with Crippen LogP contribution in [0.4, 0.5) is 0 Å². The Morgan fingerprint density at radius 3 is 2.53 bits per heavy atom. The number of rotatable bonds is 6. The summed E-state index contributed by atoms with van der Waals surface area (Å²) in [6.07, 6.45) is 1.09. The molecule has 0 aromatic carbocycles. The average molecular weight is 262 g/mol. The van der Waals surface area contributed by atoms with Gasteiger partial charge in [-0.1, -0.05) is 6.92 Å². The molecule has 100 valence electrons. The summed E-state index contributed by atoms with van der Waals surface area (Å²) in [5, 5.41) is 0. The number of hydrogen-bond donors (Lipinski definition) is 0.